The van der Waals surface area contributed by atoms with Gasteiger partial charge in [0.25, 0.3) is 5.56 Å². The second-order valence-electron chi connectivity index (χ2n) is 6.96. The lowest BCUT2D eigenvalue weighted by molar-refractivity contribution is 0.174. The highest BCUT2D eigenvalue weighted by molar-refractivity contribution is 7.23. The van der Waals surface area contributed by atoms with Crippen molar-refractivity contribution in [2.75, 3.05) is 17.4 Å². The zero-order valence-electron chi connectivity index (χ0n) is 16.6. The van der Waals surface area contributed by atoms with Crippen LogP contribution in [0.15, 0.2) is 47.3 Å². The van der Waals surface area contributed by atoms with Gasteiger partial charge in [-0.3, -0.25) is 14.8 Å². The number of nitrogens with one attached hydrogen (secondary N) is 2. The van der Waals surface area contributed by atoms with E-state index in [9.17, 15) is 9.59 Å². The number of benzene rings is 2. The van der Waals surface area contributed by atoms with Gasteiger partial charge in [0, 0.05) is 23.2 Å². The molecule has 2 N–H and O–H groups in total. The molecule has 1 aliphatic rings. The number of hydrogen-bond donors (Lipinski definition) is 2. The Hall–Kier alpha value is -3.43. The average molecular weight is 457 g/mol. The van der Waals surface area contributed by atoms with Crippen LogP contribution < -0.4 is 25.7 Å². The van der Waals surface area contributed by atoms with Crippen LogP contribution in [0.3, 0.4) is 0 Å². The van der Waals surface area contributed by atoms with E-state index in [1.165, 1.54) is 16.0 Å². The molecule has 0 fully saturated rings. The third-order valence-corrected chi connectivity index (χ3v) is 6.72. The summed E-state index contributed by atoms with van der Waals surface area (Å²) in [7, 11) is 1.76. The molecule has 4 aromatic rings. The van der Waals surface area contributed by atoms with E-state index >= 15 is 0 Å². The molecule has 1 aliphatic heterocycles. The van der Waals surface area contributed by atoms with Gasteiger partial charge in [0.2, 0.25) is 6.79 Å². The first kappa shape index (κ1) is 19.5. The number of fused-ring (bicyclic) bond motifs is 2. The van der Waals surface area contributed by atoms with E-state index in [-0.39, 0.29) is 18.0 Å². The first-order valence-corrected chi connectivity index (χ1v) is 10.6. The Labute approximate surface area is 185 Å². The normalized spacial score (nSPS) is 12.4. The number of carbonyl (C=O) groups excluding carboxylic acids is 1. The molecule has 0 radical (unpaired) electrons. The molecule has 0 saturated heterocycles. The topological polar surface area (TPSA) is 86.5 Å². The van der Waals surface area contributed by atoms with Gasteiger partial charge < -0.3 is 14.8 Å². The summed E-state index contributed by atoms with van der Waals surface area (Å²) in [5.74, 6) is 1.26. The lowest BCUT2D eigenvalue weighted by Crippen LogP contribution is -2.25. The van der Waals surface area contributed by atoms with Crippen LogP contribution >= 0.6 is 22.9 Å². The smallest absolute Gasteiger partial charge is 0.324 e. The number of ether oxygens (including phenoxy) is 2. The number of urea groups is 1. The zero-order valence-corrected chi connectivity index (χ0v) is 18.1. The van der Waals surface area contributed by atoms with Crippen LogP contribution in [0.25, 0.3) is 15.8 Å². The maximum atomic E-state index is 13.0. The third kappa shape index (κ3) is 3.22. The molecule has 0 saturated carbocycles. The van der Waals surface area contributed by atoms with E-state index < -0.39 is 6.03 Å². The van der Waals surface area contributed by atoms with Crippen LogP contribution in [0.4, 0.5) is 15.5 Å². The Balaban J connectivity index is 1.43. The SMILES string of the molecule is Cc1c(NC(=O)Nc2sc3cc4c(cc3c2Cl)OCO4)c(=O)n(-c2ccccc2)n1C. The van der Waals surface area contributed by atoms with Gasteiger partial charge in [-0.1, -0.05) is 29.8 Å². The molecule has 0 bridgehead atoms. The van der Waals surface area contributed by atoms with E-state index in [2.05, 4.69) is 10.6 Å². The molecule has 31 heavy (non-hydrogen) atoms. The Morgan fingerprint density at radius 2 is 1.84 bits per heavy atom. The number of nitrogens with zero attached hydrogens (tertiary/aromatic N) is 2. The van der Waals surface area contributed by atoms with Crippen molar-refractivity contribution in [2.45, 2.75) is 6.92 Å². The summed E-state index contributed by atoms with van der Waals surface area (Å²) in [5.41, 5.74) is 1.20. The van der Waals surface area contributed by atoms with E-state index in [1.54, 1.807) is 24.7 Å². The molecule has 10 heteroatoms. The summed E-state index contributed by atoms with van der Waals surface area (Å²) in [5, 5.41) is 7.04. The third-order valence-electron chi connectivity index (χ3n) is 5.14. The molecular formula is C21H17ClN4O4S. The van der Waals surface area contributed by atoms with Crippen LogP contribution in [0, 0.1) is 6.92 Å². The fraction of sp³-hybridized carbons (Fsp3) is 0.143. The van der Waals surface area contributed by atoms with Crippen LogP contribution in [0.5, 0.6) is 11.5 Å². The standard InChI is InChI=1S/C21H17ClN4O4S/c1-11-18(20(27)26(25(11)2)12-6-4-3-5-7-12)23-21(28)24-19-17(22)13-8-14-15(30-10-29-14)9-16(13)31-19/h3-9H,10H2,1-2H3,(H2,23,24,28). The van der Waals surface area contributed by atoms with Gasteiger partial charge in [0.05, 0.1) is 16.4 Å². The van der Waals surface area contributed by atoms with E-state index in [0.29, 0.717) is 32.9 Å². The molecule has 2 amide bonds. The number of para-hydroxylation sites is 1. The lowest BCUT2D eigenvalue weighted by Gasteiger charge is -2.07. The lowest BCUT2D eigenvalue weighted by atomic mass is 10.2. The van der Waals surface area contributed by atoms with Gasteiger partial charge >= 0.3 is 6.03 Å². The van der Waals surface area contributed by atoms with Crippen molar-refractivity contribution in [3.63, 3.8) is 0 Å². The second kappa shape index (κ2) is 7.36. The molecule has 3 heterocycles. The zero-order chi connectivity index (χ0) is 21.7. The summed E-state index contributed by atoms with van der Waals surface area (Å²) < 4.78 is 14.8. The van der Waals surface area contributed by atoms with Gasteiger partial charge in [-0.15, -0.1) is 11.3 Å². The fourth-order valence-electron chi connectivity index (χ4n) is 3.50. The predicted octanol–water partition coefficient (Wildman–Crippen LogP) is 4.73. The van der Waals surface area contributed by atoms with E-state index in [1.807, 2.05) is 36.4 Å². The predicted molar refractivity (Wildman–Crippen MR) is 121 cm³/mol. The minimum absolute atomic E-state index is 0.175. The van der Waals surface area contributed by atoms with Crippen LogP contribution in [-0.4, -0.2) is 22.2 Å². The first-order valence-electron chi connectivity index (χ1n) is 9.37. The number of anilines is 2. The van der Waals surface area contributed by atoms with Gasteiger partial charge in [-0.2, -0.15) is 0 Å². The molecule has 0 unspecified atom stereocenters. The van der Waals surface area contributed by atoms with Crippen molar-refractivity contribution in [3.05, 3.63) is 63.5 Å². The summed E-state index contributed by atoms with van der Waals surface area (Å²) >= 11 is 7.79. The molecule has 0 spiro atoms. The summed E-state index contributed by atoms with van der Waals surface area (Å²) in [6.07, 6.45) is 0. The van der Waals surface area contributed by atoms with Crippen molar-refractivity contribution >= 4 is 49.7 Å². The van der Waals surface area contributed by atoms with Crippen LogP contribution in [0.2, 0.25) is 5.02 Å². The molecule has 2 aromatic heterocycles. The number of rotatable bonds is 3. The number of hydrogen-bond acceptors (Lipinski definition) is 5. The van der Waals surface area contributed by atoms with Crippen molar-refractivity contribution < 1.29 is 14.3 Å². The Morgan fingerprint density at radius 1 is 1.13 bits per heavy atom. The Morgan fingerprint density at radius 3 is 2.58 bits per heavy atom. The van der Waals surface area contributed by atoms with Gasteiger partial charge in [0.1, 0.15) is 10.7 Å². The quantitative estimate of drug-likeness (QED) is 0.467. The van der Waals surface area contributed by atoms with Crippen molar-refractivity contribution in [1.82, 2.24) is 9.36 Å². The number of carbonyl (C=O) groups is 1. The maximum Gasteiger partial charge on any atom is 0.324 e. The molecule has 0 aliphatic carbocycles. The van der Waals surface area contributed by atoms with Gasteiger partial charge in [-0.05, 0) is 25.1 Å². The second-order valence-corrected chi connectivity index (χ2v) is 8.39. The van der Waals surface area contributed by atoms with Crippen molar-refractivity contribution in [2.24, 2.45) is 7.05 Å². The van der Waals surface area contributed by atoms with E-state index in [4.69, 9.17) is 21.1 Å². The van der Waals surface area contributed by atoms with E-state index in [0.717, 1.165) is 10.1 Å². The molecule has 158 valence electrons. The average Bonchev–Trinajstić information content (AvgIpc) is 3.40. The minimum atomic E-state index is -0.556. The minimum Gasteiger partial charge on any atom is -0.454 e. The number of thiophene rings is 1. The van der Waals surface area contributed by atoms with Crippen molar-refractivity contribution in [1.29, 1.82) is 0 Å². The van der Waals surface area contributed by atoms with Gasteiger partial charge in [0.15, 0.2) is 11.5 Å². The highest BCUT2D eigenvalue weighted by Crippen LogP contribution is 2.45. The fourth-order valence-corrected chi connectivity index (χ4v) is 4.87. The molecular weight excluding hydrogens is 440 g/mol. The molecule has 5 rings (SSSR count). The van der Waals surface area contributed by atoms with Gasteiger partial charge in [-0.25, -0.2) is 9.48 Å². The largest absolute Gasteiger partial charge is 0.454 e. The Kier molecular flexibility index (Phi) is 4.64. The first-order chi connectivity index (χ1) is 14.9. The number of amides is 2. The highest BCUT2D eigenvalue weighted by atomic mass is 35.5. The number of aromatic nitrogens is 2. The molecule has 2 aromatic carbocycles. The molecule has 0 atom stereocenters. The maximum absolute atomic E-state index is 13.0. The van der Waals surface area contributed by atoms with Crippen molar-refractivity contribution in [3.8, 4) is 17.2 Å². The monoisotopic (exact) mass is 456 g/mol. The number of halogens is 1. The summed E-state index contributed by atoms with van der Waals surface area (Å²) in [6.45, 7) is 1.94. The highest BCUT2D eigenvalue weighted by Gasteiger charge is 2.22. The molecule has 8 nitrogen and oxygen atoms in total. The van der Waals surface area contributed by atoms with Crippen LogP contribution in [-0.2, 0) is 7.05 Å². The Bertz CT molecular complexity index is 1390. The summed E-state index contributed by atoms with van der Waals surface area (Å²) in [6, 6.07) is 12.3. The summed E-state index contributed by atoms with van der Waals surface area (Å²) in [4.78, 5) is 25.7. The van der Waals surface area contributed by atoms with Crippen LogP contribution in [0.1, 0.15) is 5.69 Å².